The Hall–Kier alpha value is -1.12. The largest absolute Gasteiger partial charge is 0.416 e. The molecule has 2 fully saturated rings. The highest BCUT2D eigenvalue weighted by atomic mass is 32.2. The van der Waals surface area contributed by atoms with Gasteiger partial charge in [-0.3, -0.25) is 4.90 Å². The van der Waals surface area contributed by atoms with Crippen molar-refractivity contribution in [2.24, 2.45) is 0 Å². The molecule has 8 heteroatoms. The Morgan fingerprint density at radius 2 is 1.91 bits per heavy atom. The maximum Gasteiger partial charge on any atom is 0.416 e. The van der Waals surface area contributed by atoms with Crippen LogP contribution in [0.15, 0.2) is 29.2 Å². The standard InChI is InChI=1S/C14H17F3N2O2S/c15-14(16,17)11-3-1-5-13(9-11)22(20,21)19-8-7-18-6-2-4-12(18)10-19/h1,3,5,9,12H,2,4,6-8,10H2/t12-/m1/s1. The minimum Gasteiger partial charge on any atom is -0.298 e. The van der Waals surface area contributed by atoms with Gasteiger partial charge in [0.2, 0.25) is 10.0 Å². The van der Waals surface area contributed by atoms with Crippen molar-refractivity contribution >= 4 is 10.0 Å². The molecule has 2 aliphatic heterocycles. The van der Waals surface area contributed by atoms with Gasteiger partial charge < -0.3 is 0 Å². The van der Waals surface area contributed by atoms with Crippen molar-refractivity contribution in [3.8, 4) is 0 Å². The van der Waals surface area contributed by atoms with Crippen LogP contribution in [0.4, 0.5) is 13.2 Å². The minimum absolute atomic E-state index is 0.189. The molecule has 0 saturated carbocycles. The molecule has 2 saturated heterocycles. The van der Waals surface area contributed by atoms with E-state index >= 15 is 0 Å². The Labute approximate surface area is 127 Å². The molecule has 3 rings (SSSR count). The summed E-state index contributed by atoms with van der Waals surface area (Å²) in [7, 11) is -3.88. The van der Waals surface area contributed by atoms with Crippen molar-refractivity contribution in [1.82, 2.24) is 9.21 Å². The number of piperazine rings is 1. The molecule has 4 nitrogen and oxygen atoms in total. The van der Waals surface area contributed by atoms with Gasteiger partial charge in [-0.1, -0.05) is 6.07 Å². The predicted molar refractivity (Wildman–Crippen MR) is 74.8 cm³/mol. The predicted octanol–water partition coefficient (Wildman–Crippen LogP) is 2.17. The van der Waals surface area contributed by atoms with Crippen molar-refractivity contribution in [2.45, 2.75) is 30.0 Å². The van der Waals surface area contributed by atoms with Gasteiger partial charge in [-0.2, -0.15) is 17.5 Å². The third kappa shape index (κ3) is 2.87. The molecule has 0 amide bonds. The van der Waals surface area contributed by atoms with Crippen molar-refractivity contribution in [3.63, 3.8) is 0 Å². The van der Waals surface area contributed by atoms with Crippen LogP contribution >= 0.6 is 0 Å². The van der Waals surface area contributed by atoms with Gasteiger partial charge >= 0.3 is 6.18 Å². The maximum atomic E-state index is 12.8. The van der Waals surface area contributed by atoms with E-state index in [9.17, 15) is 21.6 Å². The Morgan fingerprint density at radius 3 is 2.64 bits per heavy atom. The van der Waals surface area contributed by atoms with E-state index in [1.807, 2.05) is 0 Å². The summed E-state index contributed by atoms with van der Waals surface area (Å²) in [6.45, 7) is 2.30. The van der Waals surface area contributed by atoms with Crippen LogP contribution in [0.2, 0.25) is 0 Å². The average Bonchev–Trinajstić information content (AvgIpc) is 2.94. The topological polar surface area (TPSA) is 40.6 Å². The molecule has 0 unspecified atom stereocenters. The zero-order chi connectivity index (χ0) is 16.0. The fraction of sp³-hybridized carbons (Fsp3) is 0.571. The van der Waals surface area contributed by atoms with Crippen LogP contribution in [0.1, 0.15) is 18.4 Å². The Bertz CT molecular complexity index is 660. The Kier molecular flexibility index (Phi) is 3.94. The highest BCUT2D eigenvalue weighted by Crippen LogP contribution is 2.32. The first-order valence-corrected chi connectivity index (χ1v) is 8.64. The summed E-state index contributed by atoms with van der Waals surface area (Å²) >= 11 is 0. The van der Waals surface area contributed by atoms with Crippen molar-refractivity contribution in [1.29, 1.82) is 0 Å². The smallest absolute Gasteiger partial charge is 0.298 e. The van der Waals surface area contributed by atoms with Gasteiger partial charge in [-0.25, -0.2) is 8.42 Å². The highest BCUT2D eigenvalue weighted by molar-refractivity contribution is 7.89. The van der Waals surface area contributed by atoms with Gasteiger partial charge in [0.15, 0.2) is 0 Å². The summed E-state index contributed by atoms with van der Waals surface area (Å²) in [4.78, 5) is 1.96. The number of rotatable bonds is 2. The number of sulfonamides is 1. The lowest BCUT2D eigenvalue weighted by atomic mass is 10.2. The van der Waals surface area contributed by atoms with Crippen molar-refractivity contribution < 1.29 is 21.6 Å². The summed E-state index contributed by atoms with van der Waals surface area (Å²) in [6.07, 6.45) is -2.56. The summed E-state index contributed by atoms with van der Waals surface area (Å²) in [5.41, 5.74) is -0.937. The summed E-state index contributed by atoms with van der Waals surface area (Å²) < 4.78 is 64.8. The fourth-order valence-corrected chi connectivity index (χ4v) is 4.68. The van der Waals surface area contributed by atoms with E-state index in [-0.39, 0.29) is 10.9 Å². The van der Waals surface area contributed by atoms with Crippen LogP contribution in [0.25, 0.3) is 0 Å². The van der Waals surface area contributed by atoms with Gasteiger partial charge in [0.1, 0.15) is 0 Å². The molecule has 122 valence electrons. The van der Waals surface area contributed by atoms with E-state index in [1.165, 1.54) is 10.4 Å². The molecule has 1 atom stereocenters. The number of alkyl halides is 3. The molecular formula is C14H17F3N2O2S. The molecule has 1 aromatic rings. The van der Waals surface area contributed by atoms with Crippen molar-refractivity contribution in [2.75, 3.05) is 26.2 Å². The van der Waals surface area contributed by atoms with Crippen molar-refractivity contribution in [3.05, 3.63) is 29.8 Å². The molecule has 2 heterocycles. The minimum atomic E-state index is -4.55. The molecule has 22 heavy (non-hydrogen) atoms. The van der Waals surface area contributed by atoms with Gasteiger partial charge in [0.25, 0.3) is 0 Å². The fourth-order valence-electron chi connectivity index (χ4n) is 3.16. The van der Waals surface area contributed by atoms with E-state index in [0.29, 0.717) is 19.6 Å². The maximum absolute atomic E-state index is 12.8. The van der Waals surface area contributed by atoms with E-state index in [0.717, 1.165) is 37.6 Å². The molecule has 1 aromatic carbocycles. The number of nitrogens with zero attached hydrogens (tertiary/aromatic N) is 2. The first-order valence-electron chi connectivity index (χ1n) is 7.20. The number of halogens is 3. The molecule has 0 N–H and O–H groups in total. The Balaban J connectivity index is 1.87. The van der Waals surface area contributed by atoms with Gasteiger partial charge in [-0.05, 0) is 37.6 Å². The summed E-state index contributed by atoms with van der Waals surface area (Å²) in [5.74, 6) is 0. The second-order valence-electron chi connectivity index (χ2n) is 5.72. The lowest BCUT2D eigenvalue weighted by molar-refractivity contribution is -0.137. The summed E-state index contributed by atoms with van der Waals surface area (Å²) in [6, 6.07) is 4.16. The van der Waals surface area contributed by atoms with Crippen LogP contribution < -0.4 is 0 Å². The lowest BCUT2D eigenvalue weighted by Gasteiger charge is -2.36. The second-order valence-corrected chi connectivity index (χ2v) is 7.66. The van der Waals surface area contributed by atoms with Crippen LogP contribution in [-0.2, 0) is 16.2 Å². The van der Waals surface area contributed by atoms with Crippen LogP contribution in [0.3, 0.4) is 0 Å². The quantitative estimate of drug-likeness (QED) is 0.832. The van der Waals surface area contributed by atoms with Crippen LogP contribution in [-0.4, -0.2) is 49.8 Å². The molecule has 2 aliphatic rings. The summed E-state index contributed by atoms with van der Waals surface area (Å²) in [5, 5.41) is 0. The number of hydrogen-bond donors (Lipinski definition) is 0. The zero-order valence-electron chi connectivity index (χ0n) is 11.9. The van der Waals surface area contributed by atoms with Crippen LogP contribution in [0.5, 0.6) is 0 Å². The van der Waals surface area contributed by atoms with E-state index in [4.69, 9.17) is 0 Å². The first kappa shape index (κ1) is 15.8. The average molecular weight is 334 g/mol. The van der Waals surface area contributed by atoms with Crippen LogP contribution in [0, 0.1) is 0 Å². The molecule has 0 bridgehead atoms. The second kappa shape index (κ2) is 5.50. The van der Waals surface area contributed by atoms with Gasteiger partial charge in [0.05, 0.1) is 10.5 Å². The zero-order valence-corrected chi connectivity index (χ0v) is 12.7. The molecular weight excluding hydrogens is 317 g/mol. The van der Waals surface area contributed by atoms with E-state index in [2.05, 4.69) is 4.90 Å². The first-order chi connectivity index (χ1) is 10.3. The normalized spacial score (nSPS) is 24.4. The molecule has 0 spiro atoms. The number of benzene rings is 1. The third-order valence-corrected chi connectivity index (χ3v) is 6.21. The van der Waals surface area contributed by atoms with E-state index < -0.39 is 21.8 Å². The van der Waals surface area contributed by atoms with Gasteiger partial charge in [-0.15, -0.1) is 0 Å². The molecule has 0 aliphatic carbocycles. The SMILES string of the molecule is O=S(=O)(c1cccc(C(F)(F)F)c1)N1CCN2CCC[C@@H]2C1. The Morgan fingerprint density at radius 1 is 1.14 bits per heavy atom. The van der Waals surface area contributed by atoms with E-state index in [1.54, 1.807) is 0 Å². The monoisotopic (exact) mass is 334 g/mol. The molecule has 0 aromatic heterocycles. The highest BCUT2D eigenvalue weighted by Gasteiger charge is 2.37. The lowest BCUT2D eigenvalue weighted by Crippen LogP contribution is -2.51. The van der Waals surface area contributed by atoms with Gasteiger partial charge in [0, 0.05) is 25.7 Å². The number of fused-ring (bicyclic) bond motifs is 1. The number of hydrogen-bond acceptors (Lipinski definition) is 3. The third-order valence-electron chi connectivity index (χ3n) is 4.35. The molecule has 0 radical (unpaired) electrons.